The molecule has 0 radical (unpaired) electrons. The Morgan fingerprint density at radius 3 is 2.65 bits per heavy atom. The Morgan fingerprint density at radius 1 is 1.41 bits per heavy atom. The molecule has 0 saturated heterocycles. The maximum atomic E-state index is 5.42. The molecule has 0 spiro atoms. The van der Waals surface area contributed by atoms with Crippen molar-refractivity contribution >= 4 is 12.2 Å². The quantitative estimate of drug-likeness (QED) is 0.779. The summed E-state index contributed by atoms with van der Waals surface area (Å²) in [6.45, 7) is 10.2. The normalized spacial score (nSPS) is 25.4. The van der Waals surface area contributed by atoms with Gasteiger partial charge in [-0.05, 0) is 30.5 Å². The molecule has 2 nitrogen and oxygen atoms in total. The van der Waals surface area contributed by atoms with Crippen LogP contribution in [-0.2, 0) is 12.0 Å². The van der Waals surface area contributed by atoms with Gasteiger partial charge in [-0.1, -0.05) is 40.5 Å². The van der Waals surface area contributed by atoms with Gasteiger partial charge in [-0.25, -0.2) is 0 Å². The van der Waals surface area contributed by atoms with E-state index in [2.05, 4.69) is 43.4 Å². The molecule has 1 N–H and O–H groups in total. The summed E-state index contributed by atoms with van der Waals surface area (Å²) in [6.07, 6.45) is 6.21. The van der Waals surface area contributed by atoms with E-state index in [0.717, 1.165) is 23.2 Å². The minimum Gasteiger partial charge on any atom is -0.337 e. The highest BCUT2D eigenvalue weighted by atomic mass is 32.1. The Kier molecular flexibility index (Phi) is 3.48. The van der Waals surface area contributed by atoms with Crippen molar-refractivity contribution in [2.45, 2.75) is 58.9 Å². The Labute approximate surface area is 109 Å². The van der Waals surface area contributed by atoms with Crippen LogP contribution in [0.5, 0.6) is 0 Å². The third kappa shape index (κ3) is 2.65. The van der Waals surface area contributed by atoms with E-state index in [9.17, 15) is 0 Å². The largest absolute Gasteiger partial charge is 0.337 e. The van der Waals surface area contributed by atoms with Gasteiger partial charge in [-0.15, -0.1) is 0 Å². The molecule has 1 heterocycles. The van der Waals surface area contributed by atoms with Crippen LogP contribution in [0.4, 0.5) is 0 Å². The molecular weight excluding hydrogens is 228 g/mol. The van der Waals surface area contributed by atoms with Crippen LogP contribution in [0.1, 0.15) is 52.7 Å². The third-order valence-electron chi connectivity index (χ3n) is 4.09. The molecule has 3 heteroatoms. The SMILES string of the molecule is CC1CCCC1Cn1c(C(C)(C)C)c[nH]c1=S. The van der Waals surface area contributed by atoms with E-state index in [4.69, 9.17) is 12.2 Å². The third-order valence-corrected chi connectivity index (χ3v) is 4.43. The first-order chi connectivity index (χ1) is 7.89. The second-order valence-corrected chi connectivity index (χ2v) is 6.89. The van der Waals surface area contributed by atoms with E-state index >= 15 is 0 Å². The summed E-state index contributed by atoms with van der Waals surface area (Å²) >= 11 is 5.42. The van der Waals surface area contributed by atoms with Gasteiger partial charge in [0.25, 0.3) is 0 Å². The van der Waals surface area contributed by atoms with Crippen LogP contribution < -0.4 is 0 Å². The van der Waals surface area contributed by atoms with Crippen LogP contribution in [0.2, 0.25) is 0 Å². The van der Waals surface area contributed by atoms with E-state index in [1.54, 1.807) is 0 Å². The van der Waals surface area contributed by atoms with Gasteiger partial charge in [0.05, 0.1) is 0 Å². The van der Waals surface area contributed by atoms with E-state index in [0.29, 0.717) is 0 Å². The molecule has 2 unspecified atom stereocenters. The van der Waals surface area contributed by atoms with Gasteiger partial charge < -0.3 is 9.55 Å². The number of hydrogen-bond donors (Lipinski definition) is 1. The molecule has 1 saturated carbocycles. The highest BCUT2D eigenvalue weighted by Gasteiger charge is 2.26. The fourth-order valence-corrected chi connectivity index (χ4v) is 3.16. The van der Waals surface area contributed by atoms with Crippen LogP contribution in [0, 0.1) is 16.6 Å². The number of H-pyrrole nitrogens is 1. The predicted molar refractivity (Wildman–Crippen MR) is 74.8 cm³/mol. The Hall–Kier alpha value is -0.570. The minimum atomic E-state index is 0.162. The lowest BCUT2D eigenvalue weighted by Gasteiger charge is -2.24. The average molecular weight is 252 g/mol. The number of aromatic amines is 1. The molecule has 0 bridgehead atoms. The minimum absolute atomic E-state index is 0.162. The number of rotatable bonds is 2. The zero-order valence-electron chi connectivity index (χ0n) is 11.4. The number of nitrogens with one attached hydrogen (secondary N) is 1. The maximum Gasteiger partial charge on any atom is 0.177 e. The van der Waals surface area contributed by atoms with E-state index in [-0.39, 0.29) is 5.41 Å². The molecule has 1 aliphatic rings. The summed E-state index contributed by atoms with van der Waals surface area (Å²) in [5, 5.41) is 0. The van der Waals surface area contributed by atoms with E-state index < -0.39 is 0 Å². The van der Waals surface area contributed by atoms with Crippen molar-refractivity contribution in [3.8, 4) is 0 Å². The molecule has 1 fully saturated rings. The van der Waals surface area contributed by atoms with Crippen molar-refractivity contribution in [2.24, 2.45) is 11.8 Å². The summed E-state index contributed by atoms with van der Waals surface area (Å²) in [6, 6.07) is 0. The molecule has 0 aromatic carbocycles. The average Bonchev–Trinajstić information content (AvgIpc) is 2.75. The van der Waals surface area contributed by atoms with Gasteiger partial charge in [0, 0.05) is 23.9 Å². The fourth-order valence-electron chi connectivity index (χ4n) is 2.93. The second kappa shape index (κ2) is 4.60. The van der Waals surface area contributed by atoms with Crippen LogP contribution in [0.25, 0.3) is 0 Å². The van der Waals surface area contributed by atoms with Crippen molar-refractivity contribution in [2.75, 3.05) is 0 Å². The molecule has 0 aliphatic heterocycles. The number of aromatic nitrogens is 2. The van der Waals surface area contributed by atoms with Gasteiger partial charge >= 0.3 is 0 Å². The van der Waals surface area contributed by atoms with Crippen LogP contribution in [0.15, 0.2) is 6.20 Å². The molecule has 96 valence electrons. The first-order valence-electron chi connectivity index (χ1n) is 6.68. The Balaban J connectivity index is 2.26. The lowest BCUT2D eigenvalue weighted by atomic mass is 9.91. The topological polar surface area (TPSA) is 20.7 Å². The molecule has 2 atom stereocenters. The second-order valence-electron chi connectivity index (χ2n) is 6.51. The molecule has 2 rings (SSSR count). The van der Waals surface area contributed by atoms with Crippen molar-refractivity contribution < 1.29 is 0 Å². The van der Waals surface area contributed by atoms with Gasteiger partial charge in [0.2, 0.25) is 0 Å². The highest BCUT2D eigenvalue weighted by molar-refractivity contribution is 7.71. The summed E-state index contributed by atoms with van der Waals surface area (Å²) in [5.74, 6) is 1.65. The molecule has 17 heavy (non-hydrogen) atoms. The number of nitrogens with zero attached hydrogens (tertiary/aromatic N) is 1. The van der Waals surface area contributed by atoms with Crippen LogP contribution in [0.3, 0.4) is 0 Å². The maximum absolute atomic E-state index is 5.42. The lowest BCUT2D eigenvalue weighted by molar-refractivity contribution is 0.348. The predicted octanol–water partition coefficient (Wildman–Crippen LogP) is 4.28. The summed E-state index contributed by atoms with van der Waals surface area (Å²) in [4.78, 5) is 3.21. The first kappa shape index (κ1) is 12.9. The highest BCUT2D eigenvalue weighted by Crippen LogP contribution is 2.33. The number of hydrogen-bond acceptors (Lipinski definition) is 1. The zero-order valence-corrected chi connectivity index (χ0v) is 12.2. The van der Waals surface area contributed by atoms with Crippen molar-refractivity contribution in [3.63, 3.8) is 0 Å². The Bertz CT molecular complexity index is 436. The van der Waals surface area contributed by atoms with Gasteiger partial charge in [0.15, 0.2) is 4.77 Å². The van der Waals surface area contributed by atoms with E-state index in [1.807, 2.05) is 0 Å². The van der Waals surface area contributed by atoms with Crippen LogP contribution >= 0.6 is 12.2 Å². The summed E-state index contributed by atoms with van der Waals surface area (Å²) in [5.41, 5.74) is 1.50. The van der Waals surface area contributed by atoms with Gasteiger partial charge in [-0.2, -0.15) is 0 Å². The zero-order chi connectivity index (χ0) is 12.6. The van der Waals surface area contributed by atoms with Crippen molar-refractivity contribution in [1.82, 2.24) is 9.55 Å². The summed E-state index contributed by atoms with van der Waals surface area (Å²) < 4.78 is 3.20. The van der Waals surface area contributed by atoms with Crippen molar-refractivity contribution in [1.29, 1.82) is 0 Å². The van der Waals surface area contributed by atoms with Gasteiger partial charge in [0.1, 0.15) is 0 Å². The molecule has 1 aromatic heterocycles. The lowest BCUT2D eigenvalue weighted by Crippen LogP contribution is -2.21. The van der Waals surface area contributed by atoms with Gasteiger partial charge in [-0.3, -0.25) is 0 Å². The Morgan fingerprint density at radius 2 is 2.12 bits per heavy atom. The molecule has 1 aromatic rings. The first-order valence-corrected chi connectivity index (χ1v) is 7.09. The monoisotopic (exact) mass is 252 g/mol. The molecule has 0 amide bonds. The fraction of sp³-hybridized carbons (Fsp3) is 0.786. The number of imidazole rings is 1. The smallest absolute Gasteiger partial charge is 0.177 e. The standard InChI is InChI=1S/C14H24N2S/c1-10-6-5-7-11(10)9-16-12(14(2,3)4)8-15-13(16)17/h8,10-11H,5-7,9H2,1-4H3,(H,15,17). The molecule has 1 aliphatic carbocycles. The van der Waals surface area contributed by atoms with Crippen LogP contribution in [-0.4, -0.2) is 9.55 Å². The van der Waals surface area contributed by atoms with Crippen molar-refractivity contribution in [3.05, 3.63) is 16.7 Å². The van der Waals surface area contributed by atoms with E-state index in [1.165, 1.54) is 25.0 Å². The summed E-state index contributed by atoms with van der Waals surface area (Å²) in [7, 11) is 0. The molecular formula is C14H24N2S.